The lowest BCUT2D eigenvalue weighted by molar-refractivity contribution is 1.62. The fourth-order valence-corrected chi connectivity index (χ4v) is 9.44. The van der Waals surface area contributed by atoms with Crippen LogP contribution in [-0.4, -0.2) is 0 Å². The monoisotopic (exact) mass is 644 g/mol. The zero-order valence-corrected chi connectivity index (χ0v) is 27.7. The maximum atomic E-state index is 5.04. The summed E-state index contributed by atoms with van der Waals surface area (Å²) in [5.74, 6) is 0. The van der Waals surface area contributed by atoms with E-state index in [1.807, 2.05) is 11.3 Å². The van der Waals surface area contributed by atoms with Crippen LogP contribution in [0.3, 0.4) is 0 Å². The highest BCUT2D eigenvalue weighted by molar-refractivity contribution is 7.80. The average Bonchev–Trinajstić information content (AvgIpc) is 3.53. The fraction of sp³-hybridized carbons (Fsp3) is 0. The molecule has 10 aromatic rings. The van der Waals surface area contributed by atoms with Gasteiger partial charge in [0.05, 0.1) is 0 Å². The van der Waals surface area contributed by atoms with Crippen molar-refractivity contribution in [1.82, 2.24) is 0 Å². The van der Waals surface area contributed by atoms with Crippen LogP contribution in [0.25, 0.3) is 96.6 Å². The standard InChI is InChI=1S/C46H28S2/c47-46-36-21-10-8-19-34(36)44(35-20-9-11-22-37(35)46)38-23-12-24-41-45(38)39-27-29(25-26-40(39)48-41)43-32-17-6-4-15-30(32)42(28-13-2-1-3-14-28)31-16-5-7-18-33(31)43/h1-27,47H. The van der Waals surface area contributed by atoms with Crippen molar-refractivity contribution in [2.24, 2.45) is 0 Å². The van der Waals surface area contributed by atoms with Gasteiger partial charge in [-0.1, -0.05) is 146 Å². The average molecular weight is 645 g/mol. The van der Waals surface area contributed by atoms with Gasteiger partial charge in [0.2, 0.25) is 0 Å². The summed E-state index contributed by atoms with van der Waals surface area (Å²) in [4.78, 5) is 1.03. The van der Waals surface area contributed by atoms with Crippen LogP contribution < -0.4 is 0 Å². The molecular weight excluding hydrogens is 617 g/mol. The molecular formula is C46H28S2. The summed E-state index contributed by atoms with van der Waals surface area (Å²) in [6.45, 7) is 0. The molecule has 0 atom stereocenters. The van der Waals surface area contributed by atoms with Crippen LogP contribution in [0.1, 0.15) is 0 Å². The van der Waals surface area contributed by atoms with Gasteiger partial charge in [0.1, 0.15) is 0 Å². The van der Waals surface area contributed by atoms with Gasteiger partial charge in [0, 0.05) is 25.1 Å². The van der Waals surface area contributed by atoms with Gasteiger partial charge in [-0.2, -0.15) is 0 Å². The van der Waals surface area contributed by atoms with Crippen molar-refractivity contribution in [3.05, 3.63) is 164 Å². The Hall–Kier alpha value is -5.41. The summed E-state index contributed by atoms with van der Waals surface area (Å²) in [5, 5.41) is 12.5. The minimum atomic E-state index is 1.03. The minimum absolute atomic E-state index is 1.03. The van der Waals surface area contributed by atoms with Gasteiger partial charge in [-0.15, -0.1) is 24.0 Å². The first-order valence-corrected chi connectivity index (χ1v) is 17.6. The first kappa shape index (κ1) is 27.7. The van der Waals surface area contributed by atoms with E-state index >= 15 is 0 Å². The van der Waals surface area contributed by atoms with Gasteiger partial charge in [-0.3, -0.25) is 0 Å². The number of thiol groups is 1. The van der Waals surface area contributed by atoms with Gasteiger partial charge < -0.3 is 0 Å². The summed E-state index contributed by atoms with van der Waals surface area (Å²) < 4.78 is 2.60. The number of fused-ring (bicyclic) bond motifs is 7. The van der Waals surface area contributed by atoms with Crippen LogP contribution in [0.4, 0.5) is 0 Å². The Labute approximate surface area is 287 Å². The zero-order chi connectivity index (χ0) is 31.8. The van der Waals surface area contributed by atoms with Crippen LogP contribution in [0.15, 0.2) is 169 Å². The second-order valence-electron chi connectivity index (χ2n) is 12.5. The molecule has 0 saturated carbocycles. The molecule has 0 spiro atoms. The summed E-state index contributed by atoms with van der Waals surface area (Å²) in [7, 11) is 0. The lowest BCUT2D eigenvalue weighted by Crippen LogP contribution is -1.91. The van der Waals surface area contributed by atoms with Gasteiger partial charge in [0.25, 0.3) is 0 Å². The molecule has 0 fully saturated rings. The number of benzene rings is 9. The van der Waals surface area contributed by atoms with E-state index < -0.39 is 0 Å². The Bertz CT molecular complexity index is 2780. The Kier molecular flexibility index (Phi) is 6.24. The van der Waals surface area contributed by atoms with E-state index in [1.54, 1.807) is 0 Å². The fourth-order valence-electron chi connectivity index (χ4n) is 7.94. The molecule has 0 bridgehead atoms. The second kappa shape index (κ2) is 10.8. The van der Waals surface area contributed by atoms with Crippen molar-refractivity contribution in [1.29, 1.82) is 0 Å². The van der Waals surface area contributed by atoms with Gasteiger partial charge >= 0.3 is 0 Å². The molecule has 0 aliphatic rings. The van der Waals surface area contributed by atoms with Gasteiger partial charge in [-0.05, 0) is 94.7 Å². The normalized spacial score (nSPS) is 11.9. The molecule has 0 aliphatic carbocycles. The van der Waals surface area contributed by atoms with Crippen LogP contribution >= 0.6 is 24.0 Å². The van der Waals surface area contributed by atoms with E-state index in [1.165, 1.54) is 96.6 Å². The van der Waals surface area contributed by atoms with Crippen molar-refractivity contribution in [3.63, 3.8) is 0 Å². The molecule has 2 heteroatoms. The molecule has 0 aliphatic heterocycles. The first-order chi connectivity index (χ1) is 23.8. The van der Waals surface area contributed by atoms with Crippen molar-refractivity contribution in [2.75, 3.05) is 0 Å². The highest BCUT2D eigenvalue weighted by atomic mass is 32.1. The third-order valence-electron chi connectivity index (χ3n) is 9.95. The largest absolute Gasteiger partial charge is 0.142 e. The molecule has 0 unspecified atom stereocenters. The maximum Gasteiger partial charge on any atom is 0.0361 e. The molecule has 1 heterocycles. The van der Waals surface area contributed by atoms with Crippen molar-refractivity contribution in [2.45, 2.75) is 4.90 Å². The Morgan fingerprint density at radius 2 is 0.812 bits per heavy atom. The topological polar surface area (TPSA) is 0 Å². The van der Waals surface area contributed by atoms with E-state index in [0.717, 1.165) is 4.90 Å². The Morgan fingerprint density at radius 1 is 0.333 bits per heavy atom. The second-order valence-corrected chi connectivity index (χ2v) is 14.0. The molecule has 0 radical (unpaired) electrons. The predicted octanol–water partition coefficient (Wildman–Crippen LogP) is 14.0. The SMILES string of the molecule is Sc1c2ccccc2c(-c2cccc3sc4ccc(-c5c6ccccc6c(-c6ccccc6)c6ccccc56)cc4c23)c2ccccc12. The summed E-state index contributed by atoms with van der Waals surface area (Å²) >= 11 is 6.92. The summed E-state index contributed by atoms with van der Waals surface area (Å²) in [6, 6.07) is 60.0. The molecule has 48 heavy (non-hydrogen) atoms. The molecule has 9 aromatic carbocycles. The van der Waals surface area contributed by atoms with E-state index in [0.29, 0.717) is 0 Å². The Balaban J connectivity index is 1.31. The van der Waals surface area contributed by atoms with Crippen molar-refractivity contribution >= 4 is 87.2 Å². The molecule has 0 amide bonds. The zero-order valence-electron chi connectivity index (χ0n) is 25.9. The molecule has 1 aromatic heterocycles. The Morgan fingerprint density at radius 3 is 1.38 bits per heavy atom. The number of thiophene rings is 1. The number of hydrogen-bond acceptors (Lipinski definition) is 2. The van der Waals surface area contributed by atoms with Gasteiger partial charge in [0.15, 0.2) is 0 Å². The minimum Gasteiger partial charge on any atom is -0.142 e. The van der Waals surface area contributed by atoms with E-state index in [2.05, 4.69) is 164 Å². The van der Waals surface area contributed by atoms with E-state index in [9.17, 15) is 0 Å². The lowest BCUT2D eigenvalue weighted by Gasteiger charge is -2.18. The smallest absolute Gasteiger partial charge is 0.0361 e. The highest BCUT2D eigenvalue weighted by Crippen LogP contribution is 2.49. The van der Waals surface area contributed by atoms with Crippen molar-refractivity contribution in [3.8, 4) is 33.4 Å². The van der Waals surface area contributed by atoms with E-state index in [4.69, 9.17) is 12.6 Å². The third-order valence-corrected chi connectivity index (χ3v) is 11.6. The first-order valence-electron chi connectivity index (χ1n) is 16.3. The molecule has 0 N–H and O–H groups in total. The van der Waals surface area contributed by atoms with Crippen LogP contribution in [0.5, 0.6) is 0 Å². The van der Waals surface area contributed by atoms with Crippen LogP contribution in [0, 0.1) is 0 Å². The van der Waals surface area contributed by atoms with Crippen LogP contribution in [-0.2, 0) is 0 Å². The van der Waals surface area contributed by atoms with E-state index in [-0.39, 0.29) is 0 Å². The number of hydrogen-bond donors (Lipinski definition) is 1. The molecule has 0 nitrogen and oxygen atoms in total. The van der Waals surface area contributed by atoms with Crippen LogP contribution in [0.2, 0.25) is 0 Å². The molecule has 224 valence electrons. The quantitative estimate of drug-likeness (QED) is 0.144. The summed E-state index contributed by atoms with van der Waals surface area (Å²) in [5.41, 5.74) is 7.61. The third kappa shape index (κ3) is 4.03. The summed E-state index contributed by atoms with van der Waals surface area (Å²) in [6.07, 6.45) is 0. The lowest BCUT2D eigenvalue weighted by atomic mass is 9.85. The molecule has 10 rings (SSSR count). The van der Waals surface area contributed by atoms with Gasteiger partial charge in [-0.25, -0.2) is 0 Å². The highest BCUT2D eigenvalue weighted by Gasteiger charge is 2.20. The molecule has 0 saturated heterocycles. The number of rotatable bonds is 3. The van der Waals surface area contributed by atoms with Crippen molar-refractivity contribution < 1.29 is 0 Å². The predicted molar refractivity (Wildman–Crippen MR) is 213 cm³/mol. The maximum absolute atomic E-state index is 5.04.